The van der Waals surface area contributed by atoms with Gasteiger partial charge in [-0.3, -0.25) is 19.6 Å². The molecule has 2 aromatic heterocycles. The normalized spacial score (nSPS) is 17.9. The van der Waals surface area contributed by atoms with Crippen molar-refractivity contribution in [1.29, 1.82) is 0 Å². The molecule has 1 fully saturated rings. The van der Waals surface area contributed by atoms with Gasteiger partial charge in [0.25, 0.3) is 0 Å². The Balaban J connectivity index is 1.58. The number of amides is 2. The summed E-state index contributed by atoms with van der Waals surface area (Å²) in [6.45, 7) is 4.23. The summed E-state index contributed by atoms with van der Waals surface area (Å²) in [5, 5.41) is 9.80. The molecule has 1 N–H and O–H groups in total. The lowest BCUT2D eigenvalue weighted by Crippen LogP contribution is -2.63. The highest BCUT2D eigenvalue weighted by Gasteiger charge is 2.41. The zero-order chi connectivity index (χ0) is 18.5. The van der Waals surface area contributed by atoms with Crippen LogP contribution >= 0.6 is 0 Å². The monoisotopic (exact) mass is 352 g/mol. The predicted molar refractivity (Wildman–Crippen MR) is 95.5 cm³/mol. The fourth-order valence-corrected chi connectivity index (χ4v) is 3.46. The van der Waals surface area contributed by atoms with Gasteiger partial charge in [0, 0.05) is 29.7 Å². The minimum absolute atomic E-state index is 0.0287. The number of carbonyl (C=O) groups excluding carboxylic acids is 2. The van der Waals surface area contributed by atoms with E-state index in [4.69, 9.17) is 0 Å². The van der Waals surface area contributed by atoms with E-state index in [-0.39, 0.29) is 24.8 Å². The van der Waals surface area contributed by atoms with E-state index in [1.807, 2.05) is 19.1 Å². The maximum atomic E-state index is 12.4. The van der Waals surface area contributed by atoms with Crippen molar-refractivity contribution in [2.75, 3.05) is 24.5 Å². The standard InChI is InChI=1S/C19H20N4O3/c1-12-3-13(7-20-6-12)14-4-16-15(21-8-14)5-17(24)23(16)9-18(25)22-10-19(2,26)11-22/h3-4,6-8,26H,5,9-11H2,1-2H3. The molecule has 0 atom stereocenters. The van der Waals surface area contributed by atoms with E-state index >= 15 is 0 Å². The molecule has 2 aliphatic heterocycles. The van der Waals surface area contributed by atoms with Crippen LogP contribution in [0.15, 0.2) is 30.7 Å². The summed E-state index contributed by atoms with van der Waals surface area (Å²) in [7, 11) is 0. The van der Waals surface area contributed by atoms with Crippen molar-refractivity contribution in [3.8, 4) is 11.1 Å². The van der Waals surface area contributed by atoms with Crippen LogP contribution in [0.25, 0.3) is 11.1 Å². The zero-order valence-electron chi connectivity index (χ0n) is 14.8. The average molecular weight is 352 g/mol. The largest absolute Gasteiger partial charge is 0.386 e. The second-order valence-corrected chi connectivity index (χ2v) is 7.34. The van der Waals surface area contributed by atoms with E-state index in [1.54, 1.807) is 30.4 Å². The van der Waals surface area contributed by atoms with E-state index in [0.29, 0.717) is 24.5 Å². The number of nitrogens with zero attached hydrogens (tertiary/aromatic N) is 4. The van der Waals surface area contributed by atoms with E-state index in [1.165, 1.54) is 4.90 Å². The van der Waals surface area contributed by atoms with Crippen molar-refractivity contribution in [2.45, 2.75) is 25.9 Å². The lowest BCUT2D eigenvalue weighted by Gasteiger charge is -2.44. The number of carbonyl (C=O) groups is 2. The zero-order valence-corrected chi connectivity index (χ0v) is 14.8. The van der Waals surface area contributed by atoms with Gasteiger partial charge in [-0.1, -0.05) is 0 Å². The number of aromatic nitrogens is 2. The van der Waals surface area contributed by atoms with Gasteiger partial charge >= 0.3 is 0 Å². The van der Waals surface area contributed by atoms with Crippen LogP contribution in [-0.4, -0.2) is 57.0 Å². The van der Waals surface area contributed by atoms with Gasteiger partial charge < -0.3 is 14.9 Å². The van der Waals surface area contributed by atoms with Crippen LogP contribution in [0.1, 0.15) is 18.2 Å². The third-order valence-corrected chi connectivity index (χ3v) is 4.78. The summed E-state index contributed by atoms with van der Waals surface area (Å²) in [6.07, 6.45) is 5.47. The minimum atomic E-state index is -0.824. The average Bonchev–Trinajstić information content (AvgIpc) is 2.87. The second kappa shape index (κ2) is 5.88. The van der Waals surface area contributed by atoms with E-state index in [2.05, 4.69) is 9.97 Å². The molecule has 26 heavy (non-hydrogen) atoms. The van der Waals surface area contributed by atoms with Crippen molar-refractivity contribution in [1.82, 2.24) is 14.9 Å². The number of hydrogen-bond acceptors (Lipinski definition) is 5. The van der Waals surface area contributed by atoms with Crippen molar-refractivity contribution in [2.24, 2.45) is 0 Å². The lowest BCUT2D eigenvalue weighted by molar-refractivity contribution is -0.151. The molecule has 0 radical (unpaired) electrons. The van der Waals surface area contributed by atoms with Gasteiger partial charge in [0.15, 0.2) is 0 Å². The Morgan fingerprint density at radius 1 is 1.23 bits per heavy atom. The van der Waals surface area contributed by atoms with Gasteiger partial charge in [0.2, 0.25) is 11.8 Å². The first kappa shape index (κ1) is 16.7. The van der Waals surface area contributed by atoms with Crippen LogP contribution in [0.4, 0.5) is 5.69 Å². The Morgan fingerprint density at radius 2 is 1.96 bits per heavy atom. The summed E-state index contributed by atoms with van der Waals surface area (Å²) in [5.74, 6) is -0.298. The first-order valence-corrected chi connectivity index (χ1v) is 8.54. The lowest BCUT2D eigenvalue weighted by atomic mass is 9.97. The van der Waals surface area contributed by atoms with Gasteiger partial charge in [0.1, 0.15) is 6.54 Å². The SMILES string of the molecule is Cc1cncc(-c2cnc3c(c2)N(CC(=O)N2CC(C)(O)C2)C(=O)C3)c1. The Bertz CT molecular complexity index is 901. The maximum Gasteiger partial charge on any atom is 0.242 e. The molecule has 0 aliphatic carbocycles. The van der Waals surface area contributed by atoms with Gasteiger partial charge in [-0.25, -0.2) is 0 Å². The second-order valence-electron chi connectivity index (χ2n) is 7.34. The molecule has 7 heteroatoms. The number of pyridine rings is 2. The van der Waals surface area contributed by atoms with Crippen LogP contribution in [0.2, 0.25) is 0 Å². The summed E-state index contributed by atoms with van der Waals surface area (Å²) < 4.78 is 0. The number of aryl methyl sites for hydroxylation is 1. The molecule has 0 saturated carbocycles. The molecule has 4 heterocycles. The van der Waals surface area contributed by atoms with Crippen molar-refractivity contribution in [3.05, 3.63) is 42.0 Å². The molecule has 7 nitrogen and oxygen atoms in total. The molecular formula is C19H20N4O3. The molecule has 0 spiro atoms. The first-order valence-electron chi connectivity index (χ1n) is 8.54. The summed E-state index contributed by atoms with van der Waals surface area (Å²) >= 11 is 0. The van der Waals surface area contributed by atoms with E-state index in [0.717, 1.165) is 16.7 Å². The number of rotatable bonds is 3. The Morgan fingerprint density at radius 3 is 2.65 bits per heavy atom. The fraction of sp³-hybridized carbons (Fsp3) is 0.368. The first-order chi connectivity index (χ1) is 12.3. The van der Waals surface area contributed by atoms with Crippen LogP contribution < -0.4 is 4.90 Å². The van der Waals surface area contributed by atoms with Gasteiger partial charge in [0.05, 0.1) is 36.5 Å². The Labute approximate surface area is 151 Å². The highest BCUT2D eigenvalue weighted by atomic mass is 16.3. The molecular weight excluding hydrogens is 332 g/mol. The third-order valence-electron chi connectivity index (χ3n) is 4.78. The van der Waals surface area contributed by atoms with E-state index in [9.17, 15) is 14.7 Å². The predicted octanol–water partition coefficient (Wildman–Crippen LogP) is 0.934. The summed E-state index contributed by atoms with van der Waals surface area (Å²) in [6, 6.07) is 3.90. The molecule has 2 amide bonds. The minimum Gasteiger partial charge on any atom is -0.386 e. The van der Waals surface area contributed by atoms with Crippen molar-refractivity contribution >= 4 is 17.5 Å². The summed E-state index contributed by atoms with van der Waals surface area (Å²) in [5.41, 5.74) is 3.35. The number of aliphatic hydroxyl groups is 1. The van der Waals surface area contributed by atoms with E-state index < -0.39 is 5.60 Å². The Kier molecular flexibility index (Phi) is 3.77. The van der Waals surface area contributed by atoms with Crippen LogP contribution in [-0.2, 0) is 16.0 Å². The summed E-state index contributed by atoms with van der Waals surface area (Å²) in [4.78, 5) is 36.5. The molecule has 4 rings (SSSR count). The van der Waals surface area contributed by atoms with Crippen molar-refractivity contribution < 1.29 is 14.7 Å². The number of hydrogen-bond donors (Lipinski definition) is 1. The molecule has 0 aromatic carbocycles. The van der Waals surface area contributed by atoms with Gasteiger partial charge in [-0.15, -0.1) is 0 Å². The number of fused-ring (bicyclic) bond motifs is 1. The molecule has 0 bridgehead atoms. The van der Waals surface area contributed by atoms with Crippen LogP contribution in [0.5, 0.6) is 0 Å². The quantitative estimate of drug-likeness (QED) is 0.888. The fourth-order valence-electron chi connectivity index (χ4n) is 3.46. The van der Waals surface area contributed by atoms with Crippen molar-refractivity contribution in [3.63, 3.8) is 0 Å². The van der Waals surface area contributed by atoms with Crippen LogP contribution in [0, 0.1) is 6.92 Å². The van der Waals surface area contributed by atoms with Crippen LogP contribution in [0.3, 0.4) is 0 Å². The molecule has 1 saturated heterocycles. The molecule has 0 unspecified atom stereocenters. The molecule has 2 aliphatic rings. The number of likely N-dealkylation sites (tertiary alicyclic amines) is 1. The molecule has 2 aromatic rings. The third kappa shape index (κ3) is 2.94. The van der Waals surface area contributed by atoms with Gasteiger partial charge in [-0.05, 0) is 31.5 Å². The molecule has 134 valence electrons. The smallest absolute Gasteiger partial charge is 0.242 e. The highest BCUT2D eigenvalue weighted by Crippen LogP contribution is 2.32. The Hall–Kier alpha value is -2.80. The van der Waals surface area contributed by atoms with Gasteiger partial charge in [-0.2, -0.15) is 0 Å². The highest BCUT2D eigenvalue weighted by molar-refractivity contribution is 6.05. The number of β-amino-alcohol motifs (C(OH)–C–C–N with tert-alkyl or cyclic N) is 1. The number of anilines is 1. The topological polar surface area (TPSA) is 86.6 Å². The maximum absolute atomic E-state index is 12.4.